The van der Waals surface area contributed by atoms with E-state index in [1.165, 1.54) is 19.2 Å². The number of likely N-dealkylation sites (tertiary alicyclic amines) is 1. The molecule has 1 heterocycles. The van der Waals surface area contributed by atoms with Crippen molar-refractivity contribution in [2.24, 2.45) is 5.92 Å². The quantitative estimate of drug-likeness (QED) is 0.781. The van der Waals surface area contributed by atoms with Crippen molar-refractivity contribution in [3.05, 3.63) is 34.1 Å². The van der Waals surface area contributed by atoms with Crippen LogP contribution in [0.15, 0.2) is 22.7 Å². The number of nitrogens with zero attached hydrogens (tertiary/aromatic N) is 1. The van der Waals surface area contributed by atoms with Crippen molar-refractivity contribution in [1.29, 1.82) is 0 Å². The molecule has 0 saturated carbocycles. The van der Waals surface area contributed by atoms with Crippen LogP contribution in [-0.2, 0) is 9.53 Å². The molecule has 1 aromatic rings. The SMILES string of the molecule is COC(=O)C1CCN(C(=O)c2cccc(F)c2Br)C1. The van der Waals surface area contributed by atoms with Crippen LogP contribution in [0, 0.1) is 11.7 Å². The number of hydrogen-bond donors (Lipinski definition) is 0. The van der Waals surface area contributed by atoms with E-state index in [-0.39, 0.29) is 27.8 Å². The monoisotopic (exact) mass is 329 g/mol. The molecule has 1 saturated heterocycles. The van der Waals surface area contributed by atoms with Gasteiger partial charge in [0, 0.05) is 13.1 Å². The molecule has 0 bridgehead atoms. The predicted octanol–water partition coefficient (Wildman–Crippen LogP) is 2.22. The van der Waals surface area contributed by atoms with Gasteiger partial charge in [-0.15, -0.1) is 0 Å². The highest BCUT2D eigenvalue weighted by Crippen LogP contribution is 2.25. The molecule has 1 aliphatic heterocycles. The lowest BCUT2D eigenvalue weighted by Gasteiger charge is -2.17. The van der Waals surface area contributed by atoms with Crippen molar-refractivity contribution in [1.82, 2.24) is 4.90 Å². The lowest BCUT2D eigenvalue weighted by Crippen LogP contribution is -2.30. The Morgan fingerprint density at radius 3 is 2.89 bits per heavy atom. The Morgan fingerprint density at radius 1 is 1.47 bits per heavy atom. The summed E-state index contributed by atoms with van der Waals surface area (Å²) in [4.78, 5) is 25.2. The van der Waals surface area contributed by atoms with E-state index >= 15 is 0 Å². The number of methoxy groups -OCH3 is 1. The normalized spacial score (nSPS) is 18.5. The number of ether oxygens (including phenoxy) is 1. The second kappa shape index (κ2) is 5.69. The maximum atomic E-state index is 13.4. The standard InChI is InChI=1S/C13H13BrFNO3/c1-19-13(18)8-5-6-16(7-8)12(17)9-3-2-4-10(15)11(9)14/h2-4,8H,5-7H2,1H3. The van der Waals surface area contributed by atoms with Gasteiger partial charge in [-0.05, 0) is 34.5 Å². The molecule has 4 nitrogen and oxygen atoms in total. The van der Waals surface area contributed by atoms with E-state index in [1.807, 2.05) is 0 Å². The number of rotatable bonds is 2. The number of amides is 1. The third-order valence-electron chi connectivity index (χ3n) is 3.19. The van der Waals surface area contributed by atoms with Gasteiger partial charge < -0.3 is 9.64 Å². The molecule has 0 aliphatic carbocycles. The molecule has 1 amide bonds. The Morgan fingerprint density at radius 2 is 2.21 bits per heavy atom. The molecule has 0 spiro atoms. The Balaban J connectivity index is 2.14. The fourth-order valence-corrected chi connectivity index (χ4v) is 2.58. The first kappa shape index (κ1) is 14.0. The first-order chi connectivity index (χ1) is 9.04. The summed E-state index contributed by atoms with van der Waals surface area (Å²) in [6, 6.07) is 4.32. The van der Waals surface area contributed by atoms with Crippen molar-refractivity contribution in [3.8, 4) is 0 Å². The van der Waals surface area contributed by atoms with Gasteiger partial charge in [0.2, 0.25) is 0 Å². The Kier molecular flexibility index (Phi) is 4.19. The van der Waals surface area contributed by atoms with E-state index in [0.29, 0.717) is 19.5 Å². The van der Waals surface area contributed by atoms with Gasteiger partial charge in [0.05, 0.1) is 23.1 Å². The van der Waals surface area contributed by atoms with Crippen LogP contribution in [0.4, 0.5) is 4.39 Å². The van der Waals surface area contributed by atoms with Crippen LogP contribution in [0.3, 0.4) is 0 Å². The first-order valence-corrected chi connectivity index (χ1v) is 6.65. The molecule has 1 aliphatic rings. The van der Waals surface area contributed by atoms with Crippen LogP contribution < -0.4 is 0 Å². The minimum atomic E-state index is -0.477. The fraction of sp³-hybridized carbons (Fsp3) is 0.385. The molecule has 1 aromatic carbocycles. The Hall–Kier alpha value is -1.43. The van der Waals surface area contributed by atoms with Crippen molar-refractivity contribution in [2.75, 3.05) is 20.2 Å². The van der Waals surface area contributed by atoms with E-state index in [1.54, 1.807) is 11.0 Å². The summed E-state index contributed by atoms with van der Waals surface area (Å²) in [5.74, 6) is -1.36. The van der Waals surface area contributed by atoms with E-state index in [2.05, 4.69) is 20.7 Å². The summed E-state index contributed by atoms with van der Waals surface area (Å²) >= 11 is 3.07. The van der Waals surface area contributed by atoms with Gasteiger partial charge in [0.15, 0.2) is 0 Å². The van der Waals surface area contributed by atoms with Crippen molar-refractivity contribution in [2.45, 2.75) is 6.42 Å². The average Bonchev–Trinajstić information content (AvgIpc) is 2.90. The summed E-state index contributed by atoms with van der Waals surface area (Å²) in [5.41, 5.74) is 0.269. The number of carbonyl (C=O) groups excluding carboxylic acids is 2. The third-order valence-corrected chi connectivity index (χ3v) is 4.00. The first-order valence-electron chi connectivity index (χ1n) is 5.85. The predicted molar refractivity (Wildman–Crippen MR) is 70.1 cm³/mol. The number of benzene rings is 1. The summed E-state index contributed by atoms with van der Waals surface area (Å²) in [6.45, 7) is 0.788. The highest BCUT2D eigenvalue weighted by molar-refractivity contribution is 9.10. The van der Waals surface area contributed by atoms with Crippen LogP contribution in [-0.4, -0.2) is 37.0 Å². The van der Waals surface area contributed by atoms with Crippen molar-refractivity contribution in [3.63, 3.8) is 0 Å². The Bertz CT molecular complexity index is 521. The molecule has 1 fully saturated rings. The molecule has 0 N–H and O–H groups in total. The Labute approximate surface area is 118 Å². The molecule has 0 radical (unpaired) electrons. The summed E-state index contributed by atoms with van der Waals surface area (Å²) < 4.78 is 18.2. The topological polar surface area (TPSA) is 46.6 Å². The zero-order valence-electron chi connectivity index (χ0n) is 10.4. The van der Waals surface area contributed by atoms with Crippen LogP contribution in [0.25, 0.3) is 0 Å². The minimum Gasteiger partial charge on any atom is -0.469 e. The van der Waals surface area contributed by atoms with Gasteiger partial charge in [-0.2, -0.15) is 0 Å². The summed E-state index contributed by atoms with van der Waals surface area (Å²) in [5, 5.41) is 0. The van der Waals surface area contributed by atoms with E-state index < -0.39 is 5.82 Å². The second-order valence-electron chi connectivity index (χ2n) is 4.36. The fourth-order valence-electron chi connectivity index (χ4n) is 2.14. The van der Waals surface area contributed by atoms with E-state index in [9.17, 15) is 14.0 Å². The third kappa shape index (κ3) is 2.78. The second-order valence-corrected chi connectivity index (χ2v) is 5.15. The maximum Gasteiger partial charge on any atom is 0.310 e. The summed E-state index contributed by atoms with van der Waals surface area (Å²) in [6.07, 6.45) is 0.575. The molecule has 19 heavy (non-hydrogen) atoms. The molecule has 1 atom stereocenters. The van der Waals surface area contributed by atoms with Gasteiger partial charge in [-0.1, -0.05) is 6.07 Å². The smallest absolute Gasteiger partial charge is 0.310 e. The lowest BCUT2D eigenvalue weighted by molar-refractivity contribution is -0.144. The number of carbonyl (C=O) groups is 2. The van der Waals surface area contributed by atoms with Gasteiger partial charge >= 0.3 is 5.97 Å². The van der Waals surface area contributed by atoms with Gasteiger partial charge in [0.25, 0.3) is 5.91 Å². The zero-order valence-corrected chi connectivity index (χ0v) is 11.9. The van der Waals surface area contributed by atoms with Crippen LogP contribution in [0.2, 0.25) is 0 Å². The number of esters is 1. The van der Waals surface area contributed by atoms with Crippen molar-refractivity contribution < 1.29 is 18.7 Å². The van der Waals surface area contributed by atoms with Gasteiger partial charge in [-0.3, -0.25) is 9.59 Å². The largest absolute Gasteiger partial charge is 0.469 e. The van der Waals surface area contributed by atoms with Gasteiger partial charge in [-0.25, -0.2) is 4.39 Å². The van der Waals surface area contributed by atoms with Crippen LogP contribution >= 0.6 is 15.9 Å². The average molecular weight is 330 g/mol. The summed E-state index contributed by atoms with van der Waals surface area (Å²) in [7, 11) is 1.33. The highest BCUT2D eigenvalue weighted by atomic mass is 79.9. The molecular weight excluding hydrogens is 317 g/mol. The van der Waals surface area contributed by atoms with Crippen LogP contribution in [0.5, 0.6) is 0 Å². The van der Waals surface area contributed by atoms with Crippen molar-refractivity contribution >= 4 is 27.8 Å². The molecular formula is C13H13BrFNO3. The van der Waals surface area contributed by atoms with Gasteiger partial charge in [0.1, 0.15) is 5.82 Å². The highest BCUT2D eigenvalue weighted by Gasteiger charge is 2.32. The molecule has 102 valence electrons. The number of hydrogen-bond acceptors (Lipinski definition) is 3. The molecule has 6 heteroatoms. The maximum absolute atomic E-state index is 13.4. The zero-order chi connectivity index (χ0) is 14.0. The van der Waals surface area contributed by atoms with E-state index in [0.717, 1.165) is 0 Å². The minimum absolute atomic E-state index is 0.154. The van der Waals surface area contributed by atoms with E-state index in [4.69, 9.17) is 0 Å². The number of halogens is 2. The molecule has 0 aromatic heterocycles. The lowest BCUT2D eigenvalue weighted by atomic mass is 10.1. The van der Waals surface area contributed by atoms with Crippen LogP contribution in [0.1, 0.15) is 16.8 Å². The molecule has 1 unspecified atom stereocenters. The molecule has 2 rings (SSSR count).